The largest absolute Gasteiger partial charge is 0.509 e. The molecule has 6 aliphatic carbocycles. The number of halogens is 2. The number of fused-ring (bicyclic) bond motifs is 7. The molecule has 4 saturated carbocycles. The Morgan fingerprint density at radius 3 is 2.45 bits per heavy atom. The Bertz CT molecular complexity index is 1420. The van der Waals surface area contributed by atoms with Gasteiger partial charge in [-0.2, -0.15) is 5.26 Å². The molecule has 1 N–H and O–H groups in total. The topological polar surface area (TPSA) is 123 Å². The highest BCUT2D eigenvalue weighted by atomic mass is 19.1. The third-order valence-electron chi connectivity index (χ3n) is 14.0. The number of aliphatic hydroxyl groups excluding tert-OH is 1. The smallest absolute Gasteiger partial charge is 0.447 e. The summed E-state index contributed by atoms with van der Waals surface area (Å²) in [4.78, 5) is 39.9. The Morgan fingerprint density at radius 2 is 1.84 bits per heavy atom. The molecule has 0 amide bonds. The summed E-state index contributed by atoms with van der Waals surface area (Å²) in [6.07, 6.45) is 1.29. The number of nitriles is 1. The number of nitrogens with zero attached hydrogens (tertiary/aromatic N) is 1. The molecule has 0 aliphatic heterocycles. The van der Waals surface area contributed by atoms with E-state index in [1.807, 2.05) is 0 Å². The SMILES string of the molecule is C[C@@H]1C[C@H]2[C@@H]3CC(F)=C4CC(=O)C=C[C@]4(C)[C@@]3(F)[C@@H](O)C[C@]2(C)[C@@]1(OC(=O)O[C@H]1C[C@H]2CC[C@]1(C)C2(C)C)C(=O)OCC#N. The van der Waals surface area contributed by atoms with Gasteiger partial charge in [-0.1, -0.05) is 40.7 Å². The molecule has 6 aliphatic rings. The maximum atomic E-state index is 17.7. The van der Waals surface area contributed by atoms with E-state index < -0.39 is 76.6 Å². The van der Waals surface area contributed by atoms with Gasteiger partial charge in [-0.3, -0.25) is 4.79 Å². The van der Waals surface area contributed by atoms with Crippen molar-refractivity contribution in [2.24, 2.45) is 45.3 Å². The molecule has 0 aromatic rings. The summed E-state index contributed by atoms with van der Waals surface area (Å²) in [7, 11) is 0. The van der Waals surface area contributed by atoms with Gasteiger partial charge in [0.25, 0.3) is 0 Å². The fraction of sp³-hybridized carbons (Fsp3) is 0.765. The molecule has 11 atom stereocenters. The number of allylic oxidation sites excluding steroid dienone is 4. The molecule has 0 aromatic carbocycles. The van der Waals surface area contributed by atoms with Crippen LogP contribution in [0, 0.1) is 56.7 Å². The average molecular weight is 616 g/mol. The molecule has 0 saturated heterocycles. The lowest BCUT2D eigenvalue weighted by Gasteiger charge is -2.62. The number of rotatable bonds is 4. The maximum Gasteiger partial charge on any atom is 0.509 e. The summed E-state index contributed by atoms with van der Waals surface area (Å²) in [5, 5.41) is 20.9. The first-order valence-electron chi connectivity index (χ1n) is 15.8. The van der Waals surface area contributed by atoms with E-state index in [0.29, 0.717) is 12.3 Å². The normalized spacial score (nSPS) is 48.2. The van der Waals surface area contributed by atoms with Crippen molar-refractivity contribution in [3.05, 3.63) is 23.6 Å². The minimum absolute atomic E-state index is 0.0410. The molecular formula is C34H43F2NO7. The minimum Gasteiger partial charge on any atom is -0.447 e. The fourth-order valence-electron chi connectivity index (χ4n) is 11.0. The summed E-state index contributed by atoms with van der Waals surface area (Å²) in [5.41, 5.74) is -7.63. The van der Waals surface area contributed by atoms with Gasteiger partial charge in [-0.05, 0) is 67.9 Å². The van der Waals surface area contributed by atoms with Gasteiger partial charge in [-0.15, -0.1) is 0 Å². The predicted octanol–water partition coefficient (Wildman–Crippen LogP) is 6.07. The standard InChI is InChI=1S/C34H43F2NO7/c1-18-13-21-22-16-24(35)23-15-20(38)8-10-30(23,4)33(22,36)25(39)17-32(21,6)34(18,27(40)42-12-11-37)44-28(41)43-26-14-19-7-9-31(26,5)29(19,2)3/h8,10,18-19,21-22,25-26,39H,7,9,12-17H2,1-6H3/t18-,19-,21+,22+,25+,26+,30+,31+,32+,33+,34+/m1/s1. The zero-order chi connectivity index (χ0) is 32.3. The second-order valence-corrected chi connectivity index (χ2v) is 15.6. The Balaban J connectivity index is 1.39. The van der Waals surface area contributed by atoms with Crippen LogP contribution in [0.1, 0.15) is 86.5 Å². The quantitative estimate of drug-likeness (QED) is 0.378. The molecule has 0 radical (unpaired) electrons. The molecule has 0 aromatic heterocycles. The van der Waals surface area contributed by atoms with Gasteiger partial charge in [0, 0.05) is 40.9 Å². The number of esters is 1. The van der Waals surface area contributed by atoms with Crippen molar-refractivity contribution in [3.63, 3.8) is 0 Å². The van der Waals surface area contributed by atoms with Crippen LogP contribution >= 0.6 is 0 Å². The Morgan fingerprint density at radius 1 is 1.14 bits per heavy atom. The van der Waals surface area contributed by atoms with Gasteiger partial charge >= 0.3 is 12.1 Å². The maximum absolute atomic E-state index is 17.7. The van der Waals surface area contributed by atoms with Crippen LogP contribution in [-0.2, 0) is 23.8 Å². The van der Waals surface area contributed by atoms with E-state index in [9.17, 15) is 24.8 Å². The first-order chi connectivity index (χ1) is 20.4. The van der Waals surface area contributed by atoms with E-state index in [2.05, 4.69) is 20.8 Å². The molecular weight excluding hydrogens is 572 g/mol. The number of alkyl halides is 1. The minimum atomic E-state index is -2.35. The number of hydrogen-bond donors (Lipinski definition) is 1. The van der Waals surface area contributed by atoms with E-state index in [1.54, 1.807) is 19.9 Å². The molecule has 8 nitrogen and oxygen atoms in total. The van der Waals surface area contributed by atoms with Crippen LogP contribution in [0.4, 0.5) is 13.6 Å². The first kappa shape index (κ1) is 31.2. The van der Waals surface area contributed by atoms with E-state index >= 15 is 8.78 Å². The van der Waals surface area contributed by atoms with Crippen molar-refractivity contribution in [2.45, 2.75) is 110 Å². The van der Waals surface area contributed by atoms with Crippen LogP contribution in [0.15, 0.2) is 23.6 Å². The summed E-state index contributed by atoms with van der Waals surface area (Å²) >= 11 is 0. The van der Waals surface area contributed by atoms with Gasteiger partial charge in [0.05, 0.1) is 6.10 Å². The van der Waals surface area contributed by atoms with Gasteiger partial charge in [0.15, 0.2) is 18.1 Å². The van der Waals surface area contributed by atoms with Crippen molar-refractivity contribution >= 4 is 17.9 Å². The monoisotopic (exact) mass is 615 g/mol. The fourth-order valence-corrected chi connectivity index (χ4v) is 11.0. The van der Waals surface area contributed by atoms with Crippen LogP contribution in [0.3, 0.4) is 0 Å². The molecule has 240 valence electrons. The summed E-state index contributed by atoms with van der Waals surface area (Å²) in [6.45, 7) is 10.7. The summed E-state index contributed by atoms with van der Waals surface area (Å²) in [5.74, 6) is -4.06. The van der Waals surface area contributed by atoms with Crippen LogP contribution < -0.4 is 0 Å². The molecule has 0 heterocycles. The highest BCUT2D eigenvalue weighted by Gasteiger charge is 2.78. The van der Waals surface area contributed by atoms with Crippen molar-refractivity contribution in [1.29, 1.82) is 5.26 Å². The van der Waals surface area contributed by atoms with E-state index in [0.717, 1.165) is 12.8 Å². The number of ketones is 1. The van der Waals surface area contributed by atoms with Gasteiger partial charge in [0.1, 0.15) is 18.0 Å². The highest BCUT2D eigenvalue weighted by Crippen LogP contribution is 2.72. The second kappa shape index (κ2) is 9.60. The zero-order valence-electron chi connectivity index (χ0n) is 26.4. The number of hydrogen-bond acceptors (Lipinski definition) is 8. The molecule has 0 spiro atoms. The van der Waals surface area contributed by atoms with Crippen LogP contribution in [0.2, 0.25) is 0 Å². The first-order valence-corrected chi connectivity index (χ1v) is 15.8. The number of ether oxygens (including phenoxy) is 3. The predicted molar refractivity (Wildman–Crippen MR) is 153 cm³/mol. The average Bonchev–Trinajstić information content (AvgIpc) is 3.39. The molecule has 2 bridgehead atoms. The second-order valence-electron chi connectivity index (χ2n) is 15.6. The lowest BCUT2D eigenvalue weighted by molar-refractivity contribution is -0.229. The number of carbonyl (C=O) groups is 3. The molecule has 44 heavy (non-hydrogen) atoms. The van der Waals surface area contributed by atoms with Crippen LogP contribution in [0.5, 0.6) is 0 Å². The third kappa shape index (κ3) is 3.59. The van der Waals surface area contributed by atoms with E-state index in [4.69, 9.17) is 14.2 Å². The number of carbonyl (C=O) groups excluding carboxylic acids is 3. The van der Waals surface area contributed by atoms with Crippen molar-refractivity contribution in [3.8, 4) is 6.07 Å². The van der Waals surface area contributed by atoms with E-state index in [-0.39, 0.29) is 47.9 Å². The van der Waals surface area contributed by atoms with Gasteiger partial charge < -0.3 is 19.3 Å². The van der Waals surface area contributed by atoms with E-state index in [1.165, 1.54) is 19.1 Å². The molecule has 6 rings (SSSR count). The van der Waals surface area contributed by atoms with Crippen LogP contribution in [0.25, 0.3) is 0 Å². The molecule has 10 heteroatoms. The highest BCUT2D eigenvalue weighted by molar-refractivity contribution is 5.93. The molecule has 4 fully saturated rings. The summed E-state index contributed by atoms with van der Waals surface area (Å²) in [6, 6.07) is 1.77. The molecule has 0 unspecified atom stereocenters. The Labute approximate surface area is 257 Å². The number of aliphatic hydroxyl groups is 1. The summed E-state index contributed by atoms with van der Waals surface area (Å²) < 4.78 is 50.9. The van der Waals surface area contributed by atoms with Crippen molar-refractivity contribution in [2.75, 3.05) is 6.61 Å². The van der Waals surface area contributed by atoms with Gasteiger partial charge in [-0.25, -0.2) is 18.4 Å². The van der Waals surface area contributed by atoms with Crippen molar-refractivity contribution < 1.29 is 42.5 Å². The van der Waals surface area contributed by atoms with Gasteiger partial charge in [0.2, 0.25) is 5.60 Å². The lowest BCUT2D eigenvalue weighted by Crippen LogP contribution is -2.70. The van der Waals surface area contributed by atoms with Crippen LogP contribution in [-0.4, -0.2) is 53.1 Å². The zero-order valence-corrected chi connectivity index (χ0v) is 26.4. The Kier molecular flexibility index (Phi) is 6.81. The Hall–Kier alpha value is -2.80. The lowest BCUT2D eigenvalue weighted by atomic mass is 9.45. The van der Waals surface area contributed by atoms with Crippen molar-refractivity contribution in [1.82, 2.24) is 0 Å². The third-order valence-corrected chi connectivity index (χ3v) is 14.0.